The number of rotatable bonds is 5. The molecule has 1 aliphatic carbocycles. The minimum atomic E-state index is -0.188. The van der Waals surface area contributed by atoms with E-state index in [1.54, 1.807) is 0 Å². The van der Waals surface area contributed by atoms with Gasteiger partial charge in [-0.25, -0.2) is 0 Å². The number of benzene rings is 1. The second-order valence-electron chi connectivity index (χ2n) is 5.95. The summed E-state index contributed by atoms with van der Waals surface area (Å²) in [5.74, 6) is -0.0129. The van der Waals surface area contributed by atoms with Crippen LogP contribution in [0.1, 0.15) is 49.4 Å². The fourth-order valence-corrected chi connectivity index (χ4v) is 2.82. The third-order valence-corrected chi connectivity index (χ3v) is 4.16. The highest BCUT2D eigenvalue weighted by Gasteiger charge is 2.21. The first kappa shape index (κ1) is 15.8. The molecule has 2 rings (SSSR count). The van der Waals surface area contributed by atoms with Crippen molar-refractivity contribution >= 4 is 11.6 Å². The fourth-order valence-electron chi connectivity index (χ4n) is 2.82. The second kappa shape index (κ2) is 7.46. The van der Waals surface area contributed by atoms with Crippen LogP contribution >= 0.6 is 0 Å². The predicted molar refractivity (Wildman–Crippen MR) is 85.7 cm³/mol. The summed E-state index contributed by atoms with van der Waals surface area (Å²) in [7, 11) is 2.06. The number of anilines is 1. The zero-order valence-corrected chi connectivity index (χ0v) is 13.0. The van der Waals surface area contributed by atoms with Gasteiger partial charge >= 0.3 is 0 Å². The van der Waals surface area contributed by atoms with E-state index in [4.69, 9.17) is 0 Å². The minimum Gasteiger partial charge on any atom is -0.393 e. The number of carbonyl (C=O) groups is 1. The molecule has 1 aromatic carbocycles. The van der Waals surface area contributed by atoms with Crippen molar-refractivity contribution in [3.8, 4) is 0 Å². The van der Waals surface area contributed by atoms with Crippen molar-refractivity contribution in [3.63, 3.8) is 0 Å². The lowest BCUT2D eigenvalue weighted by Crippen LogP contribution is -2.38. The average molecular weight is 290 g/mol. The van der Waals surface area contributed by atoms with E-state index in [1.165, 1.54) is 0 Å². The molecule has 1 aliphatic rings. The maximum atomic E-state index is 12.2. The molecular formula is C17H26N2O2. The summed E-state index contributed by atoms with van der Waals surface area (Å²) >= 11 is 0. The molecule has 0 radical (unpaired) electrons. The van der Waals surface area contributed by atoms with Gasteiger partial charge in [0, 0.05) is 30.9 Å². The van der Waals surface area contributed by atoms with Crippen LogP contribution in [0.25, 0.3) is 0 Å². The SMILES string of the molecule is CCCN(C)c1ccc(C(=O)NC2CCC(O)CC2)cc1. The Morgan fingerprint density at radius 1 is 1.24 bits per heavy atom. The molecule has 116 valence electrons. The van der Waals surface area contributed by atoms with Crippen molar-refractivity contribution in [1.82, 2.24) is 5.32 Å². The van der Waals surface area contributed by atoms with Gasteiger partial charge in [0.15, 0.2) is 0 Å². The number of amides is 1. The molecule has 0 unspecified atom stereocenters. The number of aliphatic hydroxyl groups excluding tert-OH is 1. The summed E-state index contributed by atoms with van der Waals surface area (Å²) < 4.78 is 0. The zero-order chi connectivity index (χ0) is 15.2. The molecular weight excluding hydrogens is 264 g/mol. The van der Waals surface area contributed by atoms with Gasteiger partial charge in [0.2, 0.25) is 0 Å². The minimum absolute atomic E-state index is 0.0129. The van der Waals surface area contributed by atoms with Gasteiger partial charge in [0.05, 0.1) is 6.10 Å². The monoisotopic (exact) mass is 290 g/mol. The van der Waals surface area contributed by atoms with Crippen LogP contribution in [0, 0.1) is 0 Å². The number of aliphatic hydroxyl groups is 1. The first-order valence-electron chi connectivity index (χ1n) is 7.90. The molecule has 0 aliphatic heterocycles. The molecule has 0 aromatic heterocycles. The number of nitrogens with one attached hydrogen (secondary N) is 1. The van der Waals surface area contributed by atoms with Gasteiger partial charge in [-0.1, -0.05) is 6.92 Å². The molecule has 1 fully saturated rings. The molecule has 1 saturated carbocycles. The first-order chi connectivity index (χ1) is 10.1. The van der Waals surface area contributed by atoms with Gasteiger partial charge in [-0.15, -0.1) is 0 Å². The third kappa shape index (κ3) is 4.46. The van der Waals surface area contributed by atoms with Gasteiger partial charge in [0.1, 0.15) is 0 Å². The quantitative estimate of drug-likeness (QED) is 0.876. The Bertz CT molecular complexity index is 450. The maximum absolute atomic E-state index is 12.2. The molecule has 0 atom stereocenters. The summed E-state index contributed by atoms with van der Waals surface area (Å²) in [5, 5.41) is 12.6. The van der Waals surface area contributed by atoms with Crippen LogP contribution in [-0.4, -0.2) is 36.8 Å². The molecule has 1 amide bonds. The standard InChI is InChI=1S/C17H26N2O2/c1-3-12-19(2)15-8-4-13(5-9-15)17(21)18-14-6-10-16(20)11-7-14/h4-5,8-9,14,16,20H,3,6-7,10-12H2,1-2H3,(H,18,21). The van der Waals surface area contributed by atoms with Crippen LogP contribution in [0.3, 0.4) is 0 Å². The van der Waals surface area contributed by atoms with Crippen LogP contribution in [0.5, 0.6) is 0 Å². The number of hydrogen-bond acceptors (Lipinski definition) is 3. The topological polar surface area (TPSA) is 52.6 Å². The van der Waals surface area contributed by atoms with E-state index in [-0.39, 0.29) is 18.1 Å². The lowest BCUT2D eigenvalue weighted by molar-refractivity contribution is 0.0867. The van der Waals surface area contributed by atoms with Gasteiger partial charge < -0.3 is 15.3 Å². The lowest BCUT2D eigenvalue weighted by Gasteiger charge is -2.26. The molecule has 4 heteroatoms. The van der Waals surface area contributed by atoms with Gasteiger partial charge in [0.25, 0.3) is 5.91 Å². The largest absolute Gasteiger partial charge is 0.393 e. The summed E-state index contributed by atoms with van der Waals surface area (Å²) in [4.78, 5) is 14.4. The van der Waals surface area contributed by atoms with E-state index in [0.717, 1.165) is 44.3 Å². The van der Waals surface area contributed by atoms with E-state index in [9.17, 15) is 9.90 Å². The maximum Gasteiger partial charge on any atom is 0.251 e. The normalized spacial score (nSPS) is 21.9. The average Bonchev–Trinajstić information content (AvgIpc) is 2.50. The van der Waals surface area contributed by atoms with Crippen LogP contribution in [0.4, 0.5) is 5.69 Å². The Hall–Kier alpha value is -1.55. The van der Waals surface area contributed by atoms with Gasteiger partial charge in [-0.2, -0.15) is 0 Å². The number of carbonyl (C=O) groups excluding carboxylic acids is 1. The predicted octanol–water partition coefficient (Wildman–Crippen LogP) is 2.57. The second-order valence-corrected chi connectivity index (χ2v) is 5.95. The van der Waals surface area contributed by atoms with Crippen molar-refractivity contribution < 1.29 is 9.90 Å². The Balaban J connectivity index is 1.90. The molecule has 21 heavy (non-hydrogen) atoms. The van der Waals surface area contributed by atoms with Crippen LogP contribution in [0.2, 0.25) is 0 Å². The summed E-state index contributed by atoms with van der Waals surface area (Å²) in [6, 6.07) is 7.95. The summed E-state index contributed by atoms with van der Waals surface area (Å²) in [6.07, 6.45) is 4.21. The van der Waals surface area contributed by atoms with Crippen molar-refractivity contribution in [2.24, 2.45) is 0 Å². The Kier molecular flexibility index (Phi) is 5.62. The summed E-state index contributed by atoms with van der Waals surface area (Å²) in [5.41, 5.74) is 1.84. The molecule has 0 spiro atoms. The highest BCUT2D eigenvalue weighted by Crippen LogP contribution is 2.19. The van der Waals surface area contributed by atoms with Crippen LogP contribution in [-0.2, 0) is 0 Å². The van der Waals surface area contributed by atoms with Crippen molar-refractivity contribution in [1.29, 1.82) is 0 Å². The smallest absolute Gasteiger partial charge is 0.251 e. The highest BCUT2D eigenvalue weighted by atomic mass is 16.3. The van der Waals surface area contributed by atoms with E-state index in [1.807, 2.05) is 24.3 Å². The fraction of sp³-hybridized carbons (Fsp3) is 0.588. The molecule has 2 N–H and O–H groups in total. The zero-order valence-electron chi connectivity index (χ0n) is 13.0. The third-order valence-electron chi connectivity index (χ3n) is 4.16. The molecule has 0 heterocycles. The summed E-state index contributed by atoms with van der Waals surface area (Å²) in [6.45, 7) is 3.16. The van der Waals surface area contributed by atoms with E-state index < -0.39 is 0 Å². The van der Waals surface area contributed by atoms with Crippen molar-refractivity contribution in [3.05, 3.63) is 29.8 Å². The molecule has 0 bridgehead atoms. The van der Waals surface area contributed by atoms with Crippen molar-refractivity contribution in [2.75, 3.05) is 18.5 Å². The van der Waals surface area contributed by atoms with Gasteiger partial charge in [-0.3, -0.25) is 4.79 Å². The van der Waals surface area contributed by atoms with E-state index in [2.05, 4.69) is 24.2 Å². The van der Waals surface area contributed by atoms with Crippen LogP contribution < -0.4 is 10.2 Å². The molecule has 0 saturated heterocycles. The first-order valence-corrected chi connectivity index (χ1v) is 7.90. The number of hydrogen-bond donors (Lipinski definition) is 2. The Morgan fingerprint density at radius 2 is 1.86 bits per heavy atom. The van der Waals surface area contributed by atoms with Gasteiger partial charge in [-0.05, 0) is 56.4 Å². The molecule has 1 aromatic rings. The van der Waals surface area contributed by atoms with Crippen LogP contribution in [0.15, 0.2) is 24.3 Å². The Morgan fingerprint density at radius 3 is 2.43 bits per heavy atom. The van der Waals surface area contributed by atoms with E-state index >= 15 is 0 Å². The number of nitrogens with zero attached hydrogens (tertiary/aromatic N) is 1. The Labute approximate surface area is 127 Å². The van der Waals surface area contributed by atoms with Crippen molar-refractivity contribution in [2.45, 2.75) is 51.2 Å². The highest BCUT2D eigenvalue weighted by molar-refractivity contribution is 5.94. The van der Waals surface area contributed by atoms with E-state index in [0.29, 0.717) is 5.56 Å². The lowest BCUT2D eigenvalue weighted by atomic mass is 9.93. The molecule has 4 nitrogen and oxygen atoms in total.